The monoisotopic (exact) mass is 231 g/mol. The van der Waals surface area contributed by atoms with E-state index in [2.05, 4.69) is 0 Å². The van der Waals surface area contributed by atoms with Gasteiger partial charge in [0.2, 0.25) is 11.7 Å². The van der Waals surface area contributed by atoms with Crippen molar-refractivity contribution in [1.82, 2.24) is 0 Å². The molecule has 17 heavy (non-hydrogen) atoms. The fourth-order valence-corrected chi connectivity index (χ4v) is 1.43. The number of aromatic carboxylic acids is 1. The molecular weight excluding hydrogens is 222 g/mol. The van der Waals surface area contributed by atoms with Crippen molar-refractivity contribution in [3.63, 3.8) is 0 Å². The largest absolute Gasteiger partial charge is 0.475 e. The van der Waals surface area contributed by atoms with Crippen LogP contribution in [0.4, 0.5) is 0 Å². The number of hydrogen-bond acceptors (Lipinski definition) is 3. The van der Waals surface area contributed by atoms with Crippen molar-refractivity contribution in [2.75, 3.05) is 0 Å². The van der Waals surface area contributed by atoms with Crippen molar-refractivity contribution < 1.29 is 19.1 Å². The number of carboxylic acid groups (broad SMARTS) is 1. The highest BCUT2D eigenvalue weighted by atomic mass is 16.4. The quantitative estimate of drug-likeness (QED) is 0.841. The summed E-state index contributed by atoms with van der Waals surface area (Å²) in [5, 5.41) is 8.72. The van der Waals surface area contributed by atoms with E-state index in [1.165, 1.54) is 12.1 Å². The number of furan rings is 1. The van der Waals surface area contributed by atoms with Gasteiger partial charge in [0.05, 0.1) is 0 Å². The van der Waals surface area contributed by atoms with Crippen LogP contribution in [0, 0.1) is 0 Å². The first-order valence-electron chi connectivity index (χ1n) is 4.81. The lowest BCUT2D eigenvalue weighted by Crippen LogP contribution is -2.10. The summed E-state index contributed by atoms with van der Waals surface area (Å²) in [5.41, 5.74) is 6.10. The molecule has 0 aliphatic carbocycles. The van der Waals surface area contributed by atoms with Gasteiger partial charge in [-0.1, -0.05) is 12.1 Å². The van der Waals surface area contributed by atoms with Gasteiger partial charge in [-0.15, -0.1) is 0 Å². The molecule has 0 spiro atoms. The maximum absolute atomic E-state index is 11.0. The topological polar surface area (TPSA) is 93.5 Å². The SMILES string of the molecule is NC(=O)c1cccc(-c2ccc(C(=O)O)o2)c1. The molecule has 1 aromatic heterocycles. The second-order valence-corrected chi connectivity index (χ2v) is 3.41. The first-order chi connectivity index (χ1) is 8.08. The molecular formula is C12H9NO4. The lowest BCUT2D eigenvalue weighted by atomic mass is 10.1. The van der Waals surface area contributed by atoms with Crippen LogP contribution in [0.1, 0.15) is 20.9 Å². The first kappa shape index (κ1) is 10.9. The van der Waals surface area contributed by atoms with E-state index in [9.17, 15) is 9.59 Å². The number of carboxylic acids is 1. The molecule has 0 radical (unpaired) electrons. The average molecular weight is 231 g/mol. The molecule has 2 aromatic rings. The third-order valence-electron chi connectivity index (χ3n) is 2.25. The Kier molecular flexibility index (Phi) is 2.66. The van der Waals surface area contributed by atoms with Gasteiger partial charge in [-0.05, 0) is 24.3 Å². The molecule has 0 unspecified atom stereocenters. The summed E-state index contributed by atoms with van der Waals surface area (Å²) in [6, 6.07) is 9.37. The van der Waals surface area contributed by atoms with Crippen molar-refractivity contribution >= 4 is 11.9 Å². The normalized spacial score (nSPS) is 10.1. The molecule has 0 fully saturated rings. The van der Waals surface area contributed by atoms with Crippen molar-refractivity contribution in [1.29, 1.82) is 0 Å². The van der Waals surface area contributed by atoms with Crippen molar-refractivity contribution in [3.8, 4) is 11.3 Å². The van der Waals surface area contributed by atoms with Gasteiger partial charge < -0.3 is 15.3 Å². The predicted octanol–water partition coefficient (Wildman–Crippen LogP) is 1.74. The highest BCUT2D eigenvalue weighted by Crippen LogP contribution is 2.23. The Balaban J connectivity index is 2.42. The Hall–Kier alpha value is -2.56. The summed E-state index contributed by atoms with van der Waals surface area (Å²) >= 11 is 0. The number of nitrogens with two attached hydrogens (primary N) is 1. The highest BCUT2D eigenvalue weighted by molar-refractivity contribution is 5.94. The molecule has 0 bridgehead atoms. The molecule has 5 nitrogen and oxygen atoms in total. The molecule has 1 amide bonds. The summed E-state index contributed by atoms with van der Waals surface area (Å²) in [4.78, 5) is 21.6. The van der Waals surface area contributed by atoms with Crippen LogP contribution in [-0.4, -0.2) is 17.0 Å². The third-order valence-corrected chi connectivity index (χ3v) is 2.25. The summed E-state index contributed by atoms with van der Waals surface area (Å²) in [7, 11) is 0. The van der Waals surface area contributed by atoms with Crippen LogP contribution >= 0.6 is 0 Å². The number of benzene rings is 1. The van der Waals surface area contributed by atoms with Crippen LogP contribution in [0.15, 0.2) is 40.8 Å². The van der Waals surface area contributed by atoms with Crippen LogP contribution in [0.25, 0.3) is 11.3 Å². The molecule has 1 heterocycles. The van der Waals surface area contributed by atoms with Gasteiger partial charge in [0.25, 0.3) is 0 Å². The third kappa shape index (κ3) is 2.17. The van der Waals surface area contributed by atoms with Gasteiger partial charge in [-0.25, -0.2) is 4.79 Å². The van der Waals surface area contributed by atoms with E-state index >= 15 is 0 Å². The smallest absolute Gasteiger partial charge is 0.371 e. The van der Waals surface area contributed by atoms with E-state index in [1.807, 2.05) is 0 Å². The van der Waals surface area contributed by atoms with E-state index in [4.69, 9.17) is 15.3 Å². The minimum absolute atomic E-state index is 0.149. The summed E-state index contributed by atoms with van der Waals surface area (Å²) in [6.07, 6.45) is 0. The number of carbonyl (C=O) groups is 2. The molecule has 1 aromatic carbocycles. The standard InChI is InChI=1S/C12H9NO4/c13-11(14)8-3-1-2-7(6-8)9-4-5-10(17-9)12(15)16/h1-6H,(H2,13,14)(H,15,16). The fraction of sp³-hybridized carbons (Fsp3) is 0. The Bertz CT molecular complexity index is 586. The van der Waals surface area contributed by atoms with Gasteiger partial charge in [0.15, 0.2) is 0 Å². The van der Waals surface area contributed by atoms with Crippen LogP contribution in [0.3, 0.4) is 0 Å². The lowest BCUT2D eigenvalue weighted by Gasteiger charge is -1.99. The van der Waals surface area contributed by atoms with Gasteiger partial charge >= 0.3 is 5.97 Å². The molecule has 0 aliphatic heterocycles. The highest BCUT2D eigenvalue weighted by Gasteiger charge is 2.11. The Morgan fingerprint density at radius 1 is 1.18 bits per heavy atom. The summed E-state index contributed by atoms with van der Waals surface area (Å²) in [5.74, 6) is -1.45. The van der Waals surface area contributed by atoms with Crippen molar-refractivity contribution in [3.05, 3.63) is 47.7 Å². The molecule has 0 saturated carbocycles. The Morgan fingerprint density at radius 2 is 1.94 bits per heavy atom. The number of primary amides is 1. The molecule has 2 rings (SSSR count). The average Bonchev–Trinajstić information content (AvgIpc) is 2.78. The van der Waals surface area contributed by atoms with Crippen LogP contribution in [0.5, 0.6) is 0 Å². The van der Waals surface area contributed by atoms with Gasteiger partial charge in [-0.2, -0.15) is 0 Å². The Morgan fingerprint density at radius 3 is 2.53 bits per heavy atom. The zero-order valence-electron chi connectivity index (χ0n) is 8.71. The van der Waals surface area contributed by atoms with Crippen molar-refractivity contribution in [2.45, 2.75) is 0 Å². The minimum Gasteiger partial charge on any atom is -0.475 e. The van der Waals surface area contributed by atoms with Gasteiger partial charge in [-0.3, -0.25) is 4.79 Å². The van der Waals surface area contributed by atoms with Gasteiger partial charge in [0.1, 0.15) is 5.76 Å². The fourth-order valence-electron chi connectivity index (χ4n) is 1.43. The number of carbonyl (C=O) groups excluding carboxylic acids is 1. The molecule has 3 N–H and O–H groups in total. The van der Waals surface area contributed by atoms with Gasteiger partial charge in [0, 0.05) is 11.1 Å². The zero-order chi connectivity index (χ0) is 12.4. The minimum atomic E-state index is -1.14. The second kappa shape index (κ2) is 4.13. The van der Waals surface area contributed by atoms with E-state index in [-0.39, 0.29) is 5.76 Å². The molecule has 0 atom stereocenters. The molecule has 86 valence electrons. The van der Waals surface area contributed by atoms with E-state index in [1.54, 1.807) is 24.3 Å². The van der Waals surface area contributed by atoms with E-state index < -0.39 is 11.9 Å². The molecule has 5 heteroatoms. The predicted molar refractivity (Wildman–Crippen MR) is 59.6 cm³/mol. The zero-order valence-corrected chi connectivity index (χ0v) is 8.71. The van der Waals surface area contributed by atoms with Crippen LogP contribution in [-0.2, 0) is 0 Å². The summed E-state index contributed by atoms with van der Waals surface area (Å²) < 4.78 is 5.11. The van der Waals surface area contributed by atoms with E-state index in [0.717, 1.165) is 0 Å². The Labute approximate surface area is 96.5 Å². The number of hydrogen-bond donors (Lipinski definition) is 2. The molecule has 0 aliphatic rings. The maximum atomic E-state index is 11.0. The number of rotatable bonds is 3. The molecule has 0 saturated heterocycles. The lowest BCUT2D eigenvalue weighted by molar-refractivity contribution is 0.0663. The first-order valence-corrected chi connectivity index (χ1v) is 4.81. The van der Waals surface area contributed by atoms with E-state index in [0.29, 0.717) is 16.9 Å². The number of amides is 1. The second-order valence-electron chi connectivity index (χ2n) is 3.41. The summed E-state index contributed by atoms with van der Waals surface area (Å²) in [6.45, 7) is 0. The van der Waals surface area contributed by atoms with Crippen LogP contribution < -0.4 is 5.73 Å². The van der Waals surface area contributed by atoms with Crippen LogP contribution in [0.2, 0.25) is 0 Å². The maximum Gasteiger partial charge on any atom is 0.371 e. The van der Waals surface area contributed by atoms with Crippen molar-refractivity contribution in [2.24, 2.45) is 5.73 Å².